The van der Waals surface area contributed by atoms with Crippen molar-refractivity contribution in [2.24, 2.45) is 0 Å². The summed E-state index contributed by atoms with van der Waals surface area (Å²) in [5.74, 6) is 0. The number of benzene rings is 1. The van der Waals surface area contributed by atoms with Crippen LogP contribution in [0.3, 0.4) is 0 Å². The van der Waals surface area contributed by atoms with Crippen LogP contribution in [0, 0.1) is 0 Å². The van der Waals surface area contributed by atoms with E-state index >= 15 is 0 Å². The third-order valence-electron chi connectivity index (χ3n) is 3.09. The molecular formula is C15H26N2. The van der Waals surface area contributed by atoms with Crippen molar-refractivity contribution in [2.75, 3.05) is 20.1 Å². The molecule has 0 amide bonds. The van der Waals surface area contributed by atoms with Gasteiger partial charge in [-0.25, -0.2) is 0 Å². The Morgan fingerprint density at radius 2 is 1.71 bits per heavy atom. The van der Waals surface area contributed by atoms with E-state index in [1.807, 2.05) is 7.05 Å². The molecule has 0 atom stereocenters. The highest BCUT2D eigenvalue weighted by Crippen LogP contribution is 2.08. The lowest BCUT2D eigenvalue weighted by atomic mass is 10.1. The molecule has 0 saturated carbocycles. The summed E-state index contributed by atoms with van der Waals surface area (Å²) in [6, 6.07) is 8.95. The second-order valence-electron chi connectivity index (χ2n) is 4.57. The lowest BCUT2D eigenvalue weighted by molar-refractivity contribution is 0.275. The van der Waals surface area contributed by atoms with Crippen molar-refractivity contribution in [2.45, 2.75) is 39.8 Å². The van der Waals surface area contributed by atoms with E-state index in [9.17, 15) is 0 Å². The second-order valence-corrected chi connectivity index (χ2v) is 4.57. The van der Waals surface area contributed by atoms with Crippen LogP contribution in [-0.4, -0.2) is 25.0 Å². The smallest absolute Gasteiger partial charge is 0.0233 e. The zero-order valence-electron chi connectivity index (χ0n) is 11.5. The van der Waals surface area contributed by atoms with Gasteiger partial charge in [-0.15, -0.1) is 0 Å². The van der Waals surface area contributed by atoms with Gasteiger partial charge in [0, 0.05) is 13.1 Å². The molecule has 0 aliphatic heterocycles. The van der Waals surface area contributed by atoms with Gasteiger partial charge in [-0.2, -0.15) is 0 Å². The van der Waals surface area contributed by atoms with Gasteiger partial charge in [-0.05, 0) is 37.7 Å². The molecule has 17 heavy (non-hydrogen) atoms. The van der Waals surface area contributed by atoms with Gasteiger partial charge in [-0.1, -0.05) is 44.5 Å². The number of unbranched alkanes of at least 4 members (excludes halogenated alkanes) is 1. The van der Waals surface area contributed by atoms with Crippen LogP contribution in [0.5, 0.6) is 0 Å². The molecule has 1 N–H and O–H groups in total. The molecular weight excluding hydrogens is 208 g/mol. The van der Waals surface area contributed by atoms with Crippen LogP contribution in [0.4, 0.5) is 0 Å². The van der Waals surface area contributed by atoms with E-state index in [-0.39, 0.29) is 0 Å². The molecule has 0 saturated heterocycles. The summed E-state index contributed by atoms with van der Waals surface area (Å²) < 4.78 is 0. The molecule has 0 fully saturated rings. The van der Waals surface area contributed by atoms with Gasteiger partial charge in [0.05, 0.1) is 0 Å². The normalized spacial score (nSPS) is 11.1. The van der Waals surface area contributed by atoms with E-state index in [1.54, 1.807) is 0 Å². The number of rotatable bonds is 8. The van der Waals surface area contributed by atoms with Crippen LogP contribution in [0.1, 0.15) is 37.8 Å². The Labute approximate surface area is 106 Å². The Morgan fingerprint density at radius 1 is 1.06 bits per heavy atom. The number of nitrogens with zero attached hydrogens (tertiary/aromatic N) is 1. The first-order valence-corrected chi connectivity index (χ1v) is 6.74. The lowest BCUT2D eigenvalue weighted by Crippen LogP contribution is -2.23. The van der Waals surface area contributed by atoms with Gasteiger partial charge in [-0.3, -0.25) is 4.90 Å². The quantitative estimate of drug-likeness (QED) is 0.744. The molecule has 2 nitrogen and oxygen atoms in total. The minimum Gasteiger partial charge on any atom is -0.316 e. The van der Waals surface area contributed by atoms with Crippen LogP contribution in [-0.2, 0) is 13.1 Å². The molecule has 1 aromatic rings. The second kappa shape index (κ2) is 8.26. The summed E-state index contributed by atoms with van der Waals surface area (Å²) >= 11 is 0. The number of nitrogens with one attached hydrogen (secondary N) is 1. The van der Waals surface area contributed by atoms with E-state index in [2.05, 4.69) is 48.3 Å². The SMILES string of the molecule is CCCCN(CC)Cc1ccc(CNC)cc1. The predicted octanol–water partition coefficient (Wildman–Crippen LogP) is 3.03. The first-order valence-electron chi connectivity index (χ1n) is 6.74. The summed E-state index contributed by atoms with van der Waals surface area (Å²) in [5.41, 5.74) is 2.77. The maximum atomic E-state index is 3.17. The van der Waals surface area contributed by atoms with Gasteiger partial charge in [0.1, 0.15) is 0 Å². The average molecular weight is 234 g/mol. The molecule has 2 heteroatoms. The van der Waals surface area contributed by atoms with E-state index in [0.717, 1.165) is 19.6 Å². The zero-order chi connectivity index (χ0) is 12.5. The van der Waals surface area contributed by atoms with Crippen molar-refractivity contribution in [3.8, 4) is 0 Å². The molecule has 96 valence electrons. The largest absolute Gasteiger partial charge is 0.316 e. The third kappa shape index (κ3) is 5.33. The van der Waals surface area contributed by atoms with Crippen molar-refractivity contribution in [1.82, 2.24) is 10.2 Å². The van der Waals surface area contributed by atoms with Gasteiger partial charge < -0.3 is 5.32 Å². The molecule has 0 heterocycles. The molecule has 0 aromatic heterocycles. The van der Waals surface area contributed by atoms with E-state index < -0.39 is 0 Å². The highest BCUT2D eigenvalue weighted by molar-refractivity contribution is 5.22. The van der Waals surface area contributed by atoms with E-state index in [1.165, 1.54) is 30.5 Å². The number of hydrogen-bond acceptors (Lipinski definition) is 2. The Bertz CT molecular complexity index is 292. The molecule has 1 rings (SSSR count). The van der Waals surface area contributed by atoms with Crippen LogP contribution in [0.15, 0.2) is 24.3 Å². The van der Waals surface area contributed by atoms with Gasteiger partial charge in [0.2, 0.25) is 0 Å². The summed E-state index contributed by atoms with van der Waals surface area (Å²) in [6.45, 7) is 8.87. The molecule has 0 aliphatic rings. The highest BCUT2D eigenvalue weighted by atomic mass is 15.1. The van der Waals surface area contributed by atoms with Crippen LogP contribution >= 0.6 is 0 Å². The van der Waals surface area contributed by atoms with Crippen LogP contribution < -0.4 is 5.32 Å². The maximum absolute atomic E-state index is 3.17. The summed E-state index contributed by atoms with van der Waals surface area (Å²) in [7, 11) is 1.98. The predicted molar refractivity (Wildman–Crippen MR) is 75.1 cm³/mol. The van der Waals surface area contributed by atoms with Crippen LogP contribution in [0.2, 0.25) is 0 Å². The minimum atomic E-state index is 0.952. The molecule has 0 radical (unpaired) electrons. The molecule has 1 aromatic carbocycles. The van der Waals surface area contributed by atoms with Crippen molar-refractivity contribution >= 4 is 0 Å². The standard InChI is InChI=1S/C15H26N2/c1-4-6-11-17(5-2)13-15-9-7-14(8-10-15)12-16-3/h7-10,16H,4-6,11-13H2,1-3H3. The first-order chi connectivity index (χ1) is 8.30. The third-order valence-corrected chi connectivity index (χ3v) is 3.09. The maximum Gasteiger partial charge on any atom is 0.0233 e. The van der Waals surface area contributed by atoms with Crippen molar-refractivity contribution in [1.29, 1.82) is 0 Å². The van der Waals surface area contributed by atoms with Gasteiger partial charge in [0.15, 0.2) is 0 Å². The van der Waals surface area contributed by atoms with Gasteiger partial charge >= 0.3 is 0 Å². The monoisotopic (exact) mass is 234 g/mol. The fraction of sp³-hybridized carbons (Fsp3) is 0.600. The van der Waals surface area contributed by atoms with E-state index in [0.29, 0.717) is 0 Å². The average Bonchev–Trinajstić information content (AvgIpc) is 2.37. The first kappa shape index (κ1) is 14.2. The Balaban J connectivity index is 2.48. The molecule has 0 spiro atoms. The Kier molecular flexibility index (Phi) is 6.90. The molecule has 0 aliphatic carbocycles. The summed E-state index contributed by atoms with van der Waals surface area (Å²) in [6.07, 6.45) is 2.57. The summed E-state index contributed by atoms with van der Waals surface area (Å²) in [4.78, 5) is 2.51. The zero-order valence-corrected chi connectivity index (χ0v) is 11.5. The van der Waals surface area contributed by atoms with Crippen LogP contribution in [0.25, 0.3) is 0 Å². The lowest BCUT2D eigenvalue weighted by Gasteiger charge is -2.20. The molecule has 0 bridgehead atoms. The minimum absolute atomic E-state index is 0.952. The topological polar surface area (TPSA) is 15.3 Å². The van der Waals surface area contributed by atoms with Crippen molar-refractivity contribution < 1.29 is 0 Å². The van der Waals surface area contributed by atoms with Crippen molar-refractivity contribution in [3.63, 3.8) is 0 Å². The Morgan fingerprint density at radius 3 is 2.24 bits per heavy atom. The van der Waals surface area contributed by atoms with Crippen molar-refractivity contribution in [3.05, 3.63) is 35.4 Å². The van der Waals surface area contributed by atoms with E-state index in [4.69, 9.17) is 0 Å². The van der Waals surface area contributed by atoms with Gasteiger partial charge in [0.25, 0.3) is 0 Å². The highest BCUT2D eigenvalue weighted by Gasteiger charge is 2.02. The fourth-order valence-corrected chi connectivity index (χ4v) is 1.96. The molecule has 0 unspecified atom stereocenters. The Hall–Kier alpha value is -0.860. The fourth-order valence-electron chi connectivity index (χ4n) is 1.96. The summed E-state index contributed by atoms with van der Waals surface area (Å²) in [5, 5.41) is 3.17. The number of hydrogen-bond donors (Lipinski definition) is 1.